The molecule has 0 rings (SSSR count). The maximum Gasteiger partial charge on any atom is 0.407 e. The van der Waals surface area contributed by atoms with Gasteiger partial charge in [0.05, 0.1) is 18.8 Å². The molecule has 0 aromatic rings. The number of aliphatic hydroxyl groups excluding tert-OH is 1. The van der Waals surface area contributed by atoms with Crippen LogP contribution in [0, 0.1) is 0 Å². The van der Waals surface area contributed by atoms with Crippen molar-refractivity contribution >= 4 is 14.4 Å². The highest BCUT2D eigenvalue weighted by molar-refractivity contribution is 6.74. The molecule has 0 aliphatic heterocycles. The van der Waals surface area contributed by atoms with Crippen molar-refractivity contribution in [1.82, 2.24) is 5.32 Å². The first-order chi connectivity index (χ1) is 9.19. The van der Waals surface area contributed by atoms with Gasteiger partial charge in [0, 0.05) is 0 Å². The third-order valence-electron chi connectivity index (χ3n) is 3.73. The number of carbonyl (C=O) groups excluding carboxylic acids is 1. The van der Waals surface area contributed by atoms with Crippen LogP contribution in [-0.2, 0) is 9.16 Å². The van der Waals surface area contributed by atoms with Crippen LogP contribution in [0.3, 0.4) is 0 Å². The number of hydrogen-bond acceptors (Lipinski definition) is 4. The highest BCUT2D eigenvalue weighted by Gasteiger charge is 2.40. The first kappa shape index (κ1) is 20.4. The van der Waals surface area contributed by atoms with Gasteiger partial charge in [0.15, 0.2) is 8.32 Å². The molecule has 2 atom stereocenters. The van der Waals surface area contributed by atoms with Crippen LogP contribution in [-0.4, -0.2) is 43.9 Å². The van der Waals surface area contributed by atoms with E-state index < -0.39 is 26.1 Å². The lowest BCUT2D eigenvalue weighted by atomic mass is 10.2. The van der Waals surface area contributed by atoms with Crippen LogP contribution < -0.4 is 5.32 Å². The van der Waals surface area contributed by atoms with Crippen molar-refractivity contribution in [1.29, 1.82) is 0 Å². The van der Waals surface area contributed by atoms with Crippen molar-refractivity contribution in [3.05, 3.63) is 0 Å². The summed E-state index contributed by atoms with van der Waals surface area (Å²) in [5.74, 6) is 0. The zero-order valence-electron chi connectivity index (χ0n) is 15.0. The molecule has 21 heavy (non-hydrogen) atoms. The first-order valence-electron chi connectivity index (χ1n) is 7.48. The van der Waals surface area contributed by atoms with E-state index in [-0.39, 0.29) is 17.7 Å². The Morgan fingerprint density at radius 2 is 1.67 bits per heavy atom. The Balaban J connectivity index is 4.71. The summed E-state index contributed by atoms with van der Waals surface area (Å²) in [6, 6.07) is -0.320. The number of aliphatic hydroxyl groups is 1. The van der Waals surface area contributed by atoms with Crippen LogP contribution >= 0.6 is 0 Å². The van der Waals surface area contributed by atoms with Gasteiger partial charge in [-0.1, -0.05) is 20.8 Å². The zero-order valence-corrected chi connectivity index (χ0v) is 16.0. The Morgan fingerprint density at radius 3 is 2.00 bits per heavy atom. The molecule has 0 unspecified atom stereocenters. The average Bonchev–Trinajstić information content (AvgIpc) is 2.20. The van der Waals surface area contributed by atoms with Crippen LogP contribution in [0.4, 0.5) is 4.79 Å². The zero-order chi connectivity index (χ0) is 17.1. The lowest BCUT2D eigenvalue weighted by Crippen LogP contribution is -2.52. The van der Waals surface area contributed by atoms with E-state index in [4.69, 9.17) is 9.16 Å². The summed E-state index contributed by atoms with van der Waals surface area (Å²) in [6.07, 6.45) is -0.925. The van der Waals surface area contributed by atoms with Crippen molar-refractivity contribution in [3.8, 4) is 0 Å². The summed E-state index contributed by atoms with van der Waals surface area (Å²) in [5.41, 5.74) is -0.543. The quantitative estimate of drug-likeness (QED) is 0.763. The SMILES string of the molecule is C[C@H](NC(=O)OC(C)(C)C)[C@@H](CO)O[Si](C)(C)C(C)(C)C. The minimum Gasteiger partial charge on any atom is -0.444 e. The van der Waals surface area contributed by atoms with Crippen LogP contribution in [0.5, 0.6) is 0 Å². The van der Waals surface area contributed by atoms with Crippen molar-refractivity contribution in [2.24, 2.45) is 0 Å². The third-order valence-corrected chi connectivity index (χ3v) is 8.24. The molecular formula is C15H33NO4Si. The second-order valence-electron chi connectivity index (χ2n) is 8.03. The number of carbonyl (C=O) groups is 1. The summed E-state index contributed by atoms with van der Waals surface area (Å²) >= 11 is 0. The fraction of sp³-hybridized carbons (Fsp3) is 0.933. The van der Waals surface area contributed by atoms with Gasteiger partial charge in [0.1, 0.15) is 5.60 Å². The van der Waals surface area contributed by atoms with E-state index in [1.165, 1.54) is 0 Å². The largest absolute Gasteiger partial charge is 0.444 e. The molecule has 2 N–H and O–H groups in total. The minimum absolute atomic E-state index is 0.0477. The van der Waals surface area contributed by atoms with Crippen molar-refractivity contribution < 1.29 is 19.1 Å². The fourth-order valence-corrected chi connectivity index (χ4v) is 2.83. The molecule has 0 saturated heterocycles. The minimum atomic E-state index is -2.00. The van der Waals surface area contributed by atoms with Gasteiger partial charge >= 0.3 is 6.09 Å². The Kier molecular flexibility index (Phi) is 6.91. The normalized spacial score (nSPS) is 16.3. The molecule has 0 radical (unpaired) electrons. The number of alkyl carbamates (subject to hydrolysis) is 1. The van der Waals surface area contributed by atoms with Crippen LogP contribution in [0.1, 0.15) is 48.5 Å². The van der Waals surface area contributed by atoms with E-state index in [1.54, 1.807) is 0 Å². The maximum atomic E-state index is 11.8. The fourth-order valence-electron chi connectivity index (χ4n) is 1.44. The number of hydrogen-bond donors (Lipinski definition) is 2. The molecule has 0 aliphatic carbocycles. The van der Waals surface area contributed by atoms with E-state index in [9.17, 15) is 9.90 Å². The molecule has 0 saturated carbocycles. The van der Waals surface area contributed by atoms with Gasteiger partial charge in [-0.05, 0) is 45.8 Å². The van der Waals surface area contributed by atoms with E-state index >= 15 is 0 Å². The van der Waals surface area contributed by atoms with Crippen molar-refractivity contribution in [2.45, 2.75) is 84.3 Å². The molecule has 0 aromatic carbocycles. The standard InChI is InChI=1S/C15H33NO4Si/c1-11(16-13(18)19-14(2,3)4)12(10-17)20-21(8,9)15(5,6)7/h11-12,17H,10H2,1-9H3,(H,16,18)/t11-,12+/m0/s1. The maximum absolute atomic E-state index is 11.8. The molecule has 126 valence electrons. The molecular weight excluding hydrogens is 286 g/mol. The van der Waals surface area contributed by atoms with E-state index in [0.29, 0.717) is 0 Å². The van der Waals surface area contributed by atoms with Gasteiger partial charge in [-0.15, -0.1) is 0 Å². The number of rotatable bonds is 5. The Labute approximate surface area is 130 Å². The molecule has 5 nitrogen and oxygen atoms in total. The van der Waals surface area contributed by atoms with Crippen molar-refractivity contribution in [3.63, 3.8) is 0 Å². The summed E-state index contributed by atoms with van der Waals surface area (Å²) in [4.78, 5) is 11.8. The number of amides is 1. The molecule has 0 spiro atoms. The molecule has 0 heterocycles. The monoisotopic (exact) mass is 319 g/mol. The lowest BCUT2D eigenvalue weighted by Gasteiger charge is -2.40. The second-order valence-corrected chi connectivity index (χ2v) is 12.8. The third kappa shape index (κ3) is 7.29. The Morgan fingerprint density at radius 1 is 1.19 bits per heavy atom. The van der Waals surface area contributed by atoms with Gasteiger partial charge in [-0.25, -0.2) is 4.79 Å². The van der Waals surface area contributed by atoms with Gasteiger partial charge in [-0.2, -0.15) is 0 Å². The molecule has 0 fully saturated rings. The second kappa shape index (κ2) is 7.11. The predicted octanol–water partition coefficient (Wildman–Crippen LogP) is 3.28. The van der Waals surface area contributed by atoms with Gasteiger partial charge < -0.3 is 19.6 Å². The summed E-state index contributed by atoms with van der Waals surface area (Å²) in [7, 11) is -2.00. The Hall–Kier alpha value is -0.593. The van der Waals surface area contributed by atoms with E-state index in [1.807, 2.05) is 27.7 Å². The highest BCUT2D eigenvalue weighted by atomic mass is 28.4. The van der Waals surface area contributed by atoms with Crippen molar-refractivity contribution in [2.75, 3.05) is 6.61 Å². The van der Waals surface area contributed by atoms with Crippen LogP contribution in [0.25, 0.3) is 0 Å². The van der Waals surface area contributed by atoms with Gasteiger partial charge in [0.2, 0.25) is 0 Å². The summed E-state index contributed by atoms with van der Waals surface area (Å²) < 4.78 is 11.4. The number of ether oxygens (including phenoxy) is 1. The van der Waals surface area contributed by atoms with Gasteiger partial charge in [-0.3, -0.25) is 0 Å². The summed E-state index contributed by atoms with van der Waals surface area (Å²) in [6.45, 7) is 17.8. The van der Waals surface area contributed by atoms with Crippen LogP contribution in [0.2, 0.25) is 18.1 Å². The topological polar surface area (TPSA) is 67.8 Å². The van der Waals surface area contributed by atoms with E-state index in [2.05, 4.69) is 39.2 Å². The average molecular weight is 320 g/mol. The molecule has 0 aliphatic rings. The van der Waals surface area contributed by atoms with Gasteiger partial charge in [0.25, 0.3) is 0 Å². The summed E-state index contributed by atoms with van der Waals surface area (Å²) in [5, 5.41) is 12.4. The first-order valence-corrected chi connectivity index (χ1v) is 10.4. The van der Waals surface area contributed by atoms with Crippen LogP contribution in [0.15, 0.2) is 0 Å². The molecule has 0 bridgehead atoms. The lowest BCUT2D eigenvalue weighted by molar-refractivity contribution is 0.0374. The number of nitrogens with one attached hydrogen (secondary N) is 1. The van der Waals surface area contributed by atoms with E-state index in [0.717, 1.165) is 0 Å². The smallest absolute Gasteiger partial charge is 0.407 e. The molecule has 0 aromatic heterocycles. The molecule has 1 amide bonds. The Bertz CT molecular complexity index is 345. The highest BCUT2D eigenvalue weighted by Crippen LogP contribution is 2.37. The predicted molar refractivity (Wildman–Crippen MR) is 88.0 cm³/mol. The molecule has 6 heteroatoms.